The van der Waals surface area contributed by atoms with E-state index in [2.05, 4.69) is 232 Å². The van der Waals surface area contributed by atoms with Crippen LogP contribution < -0.4 is 10.5 Å². The summed E-state index contributed by atoms with van der Waals surface area (Å²) in [5.74, 6) is 0.852. The molecule has 10 rings (SSSR count). The van der Waals surface area contributed by atoms with E-state index in [1.807, 2.05) is 0 Å². The summed E-state index contributed by atoms with van der Waals surface area (Å²) in [4.78, 5) is 21.2. The summed E-state index contributed by atoms with van der Waals surface area (Å²) in [6.07, 6.45) is 0.830. The molecule has 0 saturated heterocycles. The second-order valence-corrected chi connectivity index (χ2v) is 21.4. The van der Waals surface area contributed by atoms with Crippen molar-refractivity contribution >= 4 is 79.5 Å². The molecule has 1 radical (unpaired) electrons. The van der Waals surface area contributed by atoms with Gasteiger partial charge in [0.25, 0.3) is 0 Å². The van der Waals surface area contributed by atoms with E-state index < -0.39 is 20.8 Å². The second kappa shape index (κ2) is 25.2. The van der Waals surface area contributed by atoms with Crippen molar-refractivity contribution in [1.82, 2.24) is 10.5 Å². The molecule has 0 aliphatic carbocycles. The first-order valence-corrected chi connectivity index (χ1v) is 30.3. The third-order valence-corrected chi connectivity index (χ3v) is 12.6. The van der Waals surface area contributed by atoms with Crippen molar-refractivity contribution in [3.05, 3.63) is 205 Å². The van der Waals surface area contributed by atoms with Crippen molar-refractivity contribution in [2.75, 3.05) is 0 Å². The molecule has 70 heavy (non-hydrogen) atoms. The standard InChI is InChI=1S/2C28H23.C6H12BN2O2.2ClH.Zr/c2*1-19(2)22-17-21-11-8-16-27(28(21)18-22)26-14-6-5-13-25(26)24-15-7-10-20-9-3-4-12-23(20)24;1-3-5(10)8-7-9-6(11)4-2;;;/h2*3-19H,1-2H3;3-4H2,1-2H3,(H,8,10)(H,9,11);2*1H;/q2*-1;;;;+4/p-2. The van der Waals surface area contributed by atoms with Crippen LogP contribution in [0.3, 0.4) is 0 Å². The number of nitrogens with one attached hydrogen (secondary N) is 2. The van der Waals surface area contributed by atoms with Crippen molar-refractivity contribution in [3.63, 3.8) is 0 Å². The topological polar surface area (TPSA) is 58.2 Å². The summed E-state index contributed by atoms with van der Waals surface area (Å²) in [5.41, 5.74) is 13.2. The summed E-state index contributed by atoms with van der Waals surface area (Å²) < 4.78 is 0. The molecule has 0 atom stereocenters. The van der Waals surface area contributed by atoms with Gasteiger partial charge in [-0.05, 0) is 66.8 Å². The Bertz CT molecular complexity index is 3120. The van der Waals surface area contributed by atoms with E-state index in [-0.39, 0.29) is 11.8 Å². The summed E-state index contributed by atoms with van der Waals surface area (Å²) >= 11 is -0.826. The van der Waals surface area contributed by atoms with Crippen molar-refractivity contribution < 1.29 is 30.4 Å². The molecule has 0 aliphatic heterocycles. The van der Waals surface area contributed by atoms with Gasteiger partial charge in [0.05, 0.1) is 0 Å². The van der Waals surface area contributed by atoms with Gasteiger partial charge in [-0.1, -0.05) is 198 Å². The molecule has 0 bridgehead atoms. The third-order valence-electron chi connectivity index (χ3n) is 12.6. The summed E-state index contributed by atoms with van der Waals surface area (Å²) in [6.45, 7) is 12.5. The van der Waals surface area contributed by atoms with Crippen LogP contribution in [0.4, 0.5) is 0 Å². The molecule has 2 N–H and O–H groups in total. The molecule has 0 spiro atoms. The number of carbonyl (C=O) groups is 2. The maximum absolute atomic E-state index is 10.6. The van der Waals surface area contributed by atoms with Crippen LogP contribution in [0.25, 0.3) is 87.6 Å². The second-order valence-electron chi connectivity index (χ2n) is 17.7. The summed E-state index contributed by atoms with van der Waals surface area (Å²) in [5, 5.41) is 15.3. The number of fused-ring (bicyclic) bond motifs is 4. The molecule has 0 aliphatic rings. The van der Waals surface area contributed by atoms with Gasteiger partial charge < -0.3 is 10.5 Å². The quantitative estimate of drug-likeness (QED) is 0.106. The Balaban J connectivity index is 0.000000164. The van der Waals surface area contributed by atoms with E-state index in [9.17, 15) is 9.59 Å². The number of hydrogen-bond acceptors (Lipinski definition) is 2. The zero-order valence-electron chi connectivity index (χ0n) is 40.7. The zero-order chi connectivity index (χ0) is 49.6. The fourth-order valence-electron chi connectivity index (χ4n) is 8.88. The number of benzene rings is 8. The van der Waals surface area contributed by atoms with Crippen LogP contribution in [0.15, 0.2) is 194 Å². The van der Waals surface area contributed by atoms with Crippen molar-refractivity contribution in [2.45, 2.75) is 66.2 Å². The predicted octanol–water partition coefficient (Wildman–Crippen LogP) is 17.3. The molecular weight excluding hydrogens is 978 g/mol. The first kappa shape index (κ1) is 51.8. The number of carbonyl (C=O) groups excluding carboxylic acids is 2. The minimum absolute atomic E-state index is 0.110. The van der Waals surface area contributed by atoms with E-state index in [0.717, 1.165) is 0 Å². The molecule has 0 aromatic heterocycles. The average Bonchev–Trinajstić information content (AvgIpc) is 4.05. The monoisotopic (exact) mass is 1030 g/mol. The Kier molecular flexibility index (Phi) is 18.6. The van der Waals surface area contributed by atoms with Crippen LogP contribution in [0, 0.1) is 0 Å². The molecule has 8 heteroatoms. The predicted molar refractivity (Wildman–Crippen MR) is 298 cm³/mol. The number of halogens is 2. The van der Waals surface area contributed by atoms with Crippen molar-refractivity contribution in [3.8, 4) is 44.5 Å². The van der Waals surface area contributed by atoms with E-state index in [1.54, 1.807) is 13.8 Å². The third kappa shape index (κ3) is 12.5. The Morgan fingerprint density at radius 1 is 0.443 bits per heavy atom. The van der Waals surface area contributed by atoms with Gasteiger partial charge in [-0.2, -0.15) is 12.1 Å². The molecule has 0 fully saturated rings. The molecule has 2 amide bonds. The molecule has 0 saturated carbocycles. The fourth-order valence-corrected chi connectivity index (χ4v) is 8.88. The van der Waals surface area contributed by atoms with Crippen LogP contribution in [0.2, 0.25) is 0 Å². The Morgan fingerprint density at radius 3 is 1.07 bits per heavy atom. The maximum atomic E-state index is 10.6. The van der Waals surface area contributed by atoms with Gasteiger partial charge in [0.15, 0.2) is 0 Å². The van der Waals surface area contributed by atoms with Crippen LogP contribution >= 0.6 is 17.0 Å². The van der Waals surface area contributed by atoms with E-state index in [0.29, 0.717) is 24.7 Å². The molecular formula is C62H58BCl2N2O2Zr. The van der Waals surface area contributed by atoms with Crippen LogP contribution in [-0.4, -0.2) is 19.4 Å². The molecule has 0 unspecified atom stereocenters. The van der Waals surface area contributed by atoms with Crippen LogP contribution in [0.5, 0.6) is 0 Å². The van der Waals surface area contributed by atoms with E-state index in [4.69, 9.17) is 17.0 Å². The Labute approximate surface area is 433 Å². The van der Waals surface area contributed by atoms with Gasteiger partial charge in [-0.25, -0.2) is 0 Å². The molecule has 10 aromatic carbocycles. The SMILES string of the molecule is CC(C)c1cc2c(-c3ccccc3-c3cccc4ccccc34)cccc2[cH-]1.CC(C)c1cc2c(-c3ccccc3-c3cccc4ccccc34)cccc2[cH-]1.CCC(=O)N[B]NC(=O)CC.[Cl][Zr+2][Cl]. The zero-order valence-corrected chi connectivity index (χ0v) is 44.7. The van der Waals surface area contributed by atoms with Crippen LogP contribution in [-0.2, 0) is 30.4 Å². The van der Waals surface area contributed by atoms with Crippen molar-refractivity contribution in [1.29, 1.82) is 0 Å². The minimum atomic E-state index is -0.826. The van der Waals surface area contributed by atoms with Gasteiger partial charge in [0, 0.05) is 12.8 Å². The van der Waals surface area contributed by atoms with Crippen molar-refractivity contribution in [2.24, 2.45) is 0 Å². The molecule has 0 heterocycles. The number of hydrogen-bond donors (Lipinski definition) is 2. The molecule has 4 nitrogen and oxygen atoms in total. The number of rotatable bonds is 10. The van der Waals surface area contributed by atoms with E-state index in [1.165, 1.54) is 106 Å². The molecule has 349 valence electrons. The fraction of sp³-hybridized carbons (Fsp3) is 0.161. The Morgan fingerprint density at radius 2 is 0.729 bits per heavy atom. The average molecular weight is 1040 g/mol. The van der Waals surface area contributed by atoms with E-state index >= 15 is 0 Å². The van der Waals surface area contributed by atoms with Gasteiger partial charge >= 0.3 is 45.4 Å². The molecule has 10 aromatic rings. The van der Waals surface area contributed by atoms with Gasteiger partial charge in [0.2, 0.25) is 11.8 Å². The van der Waals surface area contributed by atoms with Crippen LogP contribution in [0.1, 0.15) is 77.3 Å². The Hall–Kier alpha value is -6.03. The first-order valence-electron chi connectivity index (χ1n) is 24.0. The summed E-state index contributed by atoms with van der Waals surface area (Å²) in [6, 6.07) is 70.8. The normalized spacial score (nSPS) is 10.7. The summed E-state index contributed by atoms with van der Waals surface area (Å²) in [7, 11) is 11.1. The number of amides is 2. The van der Waals surface area contributed by atoms with Gasteiger partial charge in [0.1, 0.15) is 0 Å². The van der Waals surface area contributed by atoms with Gasteiger partial charge in [-0.15, -0.1) is 69.1 Å². The van der Waals surface area contributed by atoms with Gasteiger partial charge in [-0.3, -0.25) is 9.59 Å². The first-order chi connectivity index (χ1) is 34.1.